The van der Waals surface area contributed by atoms with E-state index in [2.05, 4.69) is 13.0 Å². The standard InChI is InChI=1S/C12H13NOS/c1-9-11(6-7-14-9)15-12-5-3-2-4-10(12)8-13/h2-5,9,11H,6-7H2,1H3. The number of hydrogen-bond donors (Lipinski definition) is 0. The van der Waals surface area contributed by atoms with Crippen LogP contribution in [0.15, 0.2) is 29.2 Å². The summed E-state index contributed by atoms with van der Waals surface area (Å²) in [6, 6.07) is 9.97. The highest BCUT2D eigenvalue weighted by Gasteiger charge is 2.25. The topological polar surface area (TPSA) is 33.0 Å². The van der Waals surface area contributed by atoms with Gasteiger partial charge in [-0.2, -0.15) is 5.26 Å². The summed E-state index contributed by atoms with van der Waals surface area (Å²) in [6.07, 6.45) is 1.37. The van der Waals surface area contributed by atoms with E-state index in [0.29, 0.717) is 11.4 Å². The molecule has 2 nitrogen and oxygen atoms in total. The zero-order valence-electron chi connectivity index (χ0n) is 8.64. The van der Waals surface area contributed by atoms with E-state index in [9.17, 15) is 0 Å². The Labute approximate surface area is 94.2 Å². The molecule has 1 fully saturated rings. The molecule has 1 saturated heterocycles. The van der Waals surface area contributed by atoms with Gasteiger partial charge in [0.05, 0.1) is 11.7 Å². The Morgan fingerprint density at radius 3 is 2.93 bits per heavy atom. The highest BCUT2D eigenvalue weighted by molar-refractivity contribution is 8.00. The van der Waals surface area contributed by atoms with Gasteiger partial charge in [-0.05, 0) is 25.5 Å². The fourth-order valence-corrected chi connectivity index (χ4v) is 2.90. The fraction of sp³-hybridized carbons (Fsp3) is 0.417. The van der Waals surface area contributed by atoms with Crippen LogP contribution in [0.1, 0.15) is 18.9 Å². The van der Waals surface area contributed by atoms with Gasteiger partial charge in [0.25, 0.3) is 0 Å². The minimum absolute atomic E-state index is 0.293. The van der Waals surface area contributed by atoms with Gasteiger partial charge in [-0.15, -0.1) is 11.8 Å². The molecule has 0 bridgehead atoms. The van der Waals surface area contributed by atoms with Crippen LogP contribution in [0.4, 0.5) is 0 Å². The molecule has 0 amide bonds. The van der Waals surface area contributed by atoms with Crippen molar-refractivity contribution in [3.63, 3.8) is 0 Å². The van der Waals surface area contributed by atoms with E-state index in [1.807, 2.05) is 24.3 Å². The van der Waals surface area contributed by atoms with Crippen LogP contribution in [0.2, 0.25) is 0 Å². The van der Waals surface area contributed by atoms with E-state index in [-0.39, 0.29) is 0 Å². The second-order valence-corrected chi connectivity index (χ2v) is 4.91. The van der Waals surface area contributed by atoms with Crippen LogP contribution in [-0.4, -0.2) is 18.0 Å². The number of ether oxygens (including phenoxy) is 1. The van der Waals surface area contributed by atoms with Gasteiger partial charge in [0.15, 0.2) is 0 Å². The minimum atomic E-state index is 0.293. The molecular weight excluding hydrogens is 206 g/mol. The molecule has 3 heteroatoms. The lowest BCUT2D eigenvalue weighted by molar-refractivity contribution is 0.127. The second kappa shape index (κ2) is 4.69. The maximum Gasteiger partial charge on any atom is 0.100 e. The van der Waals surface area contributed by atoms with Gasteiger partial charge in [0.1, 0.15) is 6.07 Å². The van der Waals surface area contributed by atoms with Crippen LogP contribution >= 0.6 is 11.8 Å². The summed E-state index contributed by atoms with van der Waals surface area (Å²) in [5.41, 5.74) is 0.765. The van der Waals surface area contributed by atoms with Crippen molar-refractivity contribution in [2.75, 3.05) is 6.61 Å². The number of rotatable bonds is 2. The van der Waals surface area contributed by atoms with Crippen molar-refractivity contribution in [3.8, 4) is 6.07 Å². The van der Waals surface area contributed by atoms with Crippen molar-refractivity contribution in [2.24, 2.45) is 0 Å². The Morgan fingerprint density at radius 2 is 2.27 bits per heavy atom. The number of nitriles is 1. The minimum Gasteiger partial charge on any atom is -0.377 e. The largest absolute Gasteiger partial charge is 0.377 e. The summed E-state index contributed by atoms with van der Waals surface area (Å²) >= 11 is 1.76. The first kappa shape index (κ1) is 10.5. The Balaban J connectivity index is 2.14. The first-order valence-corrected chi connectivity index (χ1v) is 5.96. The zero-order valence-corrected chi connectivity index (χ0v) is 9.46. The van der Waals surface area contributed by atoms with Gasteiger partial charge in [0, 0.05) is 16.8 Å². The SMILES string of the molecule is CC1OCCC1Sc1ccccc1C#N. The molecule has 0 radical (unpaired) electrons. The van der Waals surface area contributed by atoms with Gasteiger partial charge >= 0.3 is 0 Å². The molecule has 0 saturated carbocycles. The number of nitrogens with zero attached hydrogens (tertiary/aromatic N) is 1. The Bertz CT molecular complexity index is 385. The van der Waals surface area contributed by atoms with Crippen molar-refractivity contribution in [1.29, 1.82) is 5.26 Å². The quantitative estimate of drug-likeness (QED) is 0.766. The molecule has 2 atom stereocenters. The molecule has 1 aliphatic rings. The lowest BCUT2D eigenvalue weighted by Gasteiger charge is -2.13. The predicted molar refractivity (Wildman–Crippen MR) is 60.8 cm³/mol. The van der Waals surface area contributed by atoms with Gasteiger partial charge in [-0.1, -0.05) is 12.1 Å². The summed E-state index contributed by atoms with van der Waals surface area (Å²) in [6.45, 7) is 2.94. The molecule has 15 heavy (non-hydrogen) atoms. The smallest absolute Gasteiger partial charge is 0.100 e. The zero-order chi connectivity index (χ0) is 10.7. The predicted octanol–water partition coefficient (Wildman–Crippen LogP) is 2.83. The monoisotopic (exact) mass is 219 g/mol. The summed E-state index contributed by atoms with van der Waals surface area (Å²) in [5, 5.41) is 9.45. The molecule has 1 heterocycles. The van der Waals surface area contributed by atoms with Crippen LogP contribution in [0.25, 0.3) is 0 Å². The number of benzene rings is 1. The van der Waals surface area contributed by atoms with E-state index in [0.717, 1.165) is 23.5 Å². The van der Waals surface area contributed by atoms with Gasteiger partial charge < -0.3 is 4.74 Å². The molecule has 2 rings (SSSR count). The van der Waals surface area contributed by atoms with Gasteiger partial charge in [0.2, 0.25) is 0 Å². The molecule has 78 valence electrons. The van der Waals surface area contributed by atoms with Crippen LogP contribution in [0.5, 0.6) is 0 Å². The summed E-state index contributed by atoms with van der Waals surface area (Å²) in [5.74, 6) is 0. The fourth-order valence-electron chi connectivity index (χ4n) is 1.69. The average Bonchev–Trinajstić information content (AvgIpc) is 2.65. The van der Waals surface area contributed by atoms with E-state index in [1.165, 1.54) is 0 Å². The van der Waals surface area contributed by atoms with Crippen LogP contribution < -0.4 is 0 Å². The Kier molecular flexibility index (Phi) is 3.30. The third-order valence-electron chi connectivity index (χ3n) is 2.59. The Morgan fingerprint density at radius 1 is 1.47 bits per heavy atom. The van der Waals surface area contributed by atoms with E-state index >= 15 is 0 Å². The van der Waals surface area contributed by atoms with Crippen molar-refractivity contribution in [2.45, 2.75) is 29.6 Å². The lowest BCUT2D eigenvalue weighted by atomic mass is 10.2. The lowest BCUT2D eigenvalue weighted by Crippen LogP contribution is -2.13. The normalized spacial score (nSPS) is 25.1. The van der Waals surface area contributed by atoms with Gasteiger partial charge in [-0.3, -0.25) is 0 Å². The number of thioether (sulfide) groups is 1. The third-order valence-corrected chi connectivity index (χ3v) is 4.12. The van der Waals surface area contributed by atoms with Crippen molar-refractivity contribution in [3.05, 3.63) is 29.8 Å². The van der Waals surface area contributed by atoms with E-state index < -0.39 is 0 Å². The summed E-state index contributed by atoms with van der Waals surface area (Å²) in [4.78, 5) is 1.07. The highest BCUT2D eigenvalue weighted by atomic mass is 32.2. The maximum absolute atomic E-state index is 8.96. The van der Waals surface area contributed by atoms with E-state index in [1.54, 1.807) is 11.8 Å². The van der Waals surface area contributed by atoms with Crippen LogP contribution in [0.3, 0.4) is 0 Å². The second-order valence-electron chi connectivity index (χ2n) is 3.63. The molecule has 0 aliphatic carbocycles. The molecule has 1 aliphatic heterocycles. The molecular formula is C12H13NOS. The molecule has 0 aromatic heterocycles. The third kappa shape index (κ3) is 2.34. The molecule has 2 unspecified atom stereocenters. The molecule has 1 aromatic carbocycles. The Hall–Kier alpha value is -0.980. The van der Waals surface area contributed by atoms with Crippen molar-refractivity contribution < 1.29 is 4.74 Å². The highest BCUT2D eigenvalue weighted by Crippen LogP contribution is 2.33. The molecule has 0 spiro atoms. The van der Waals surface area contributed by atoms with Crippen molar-refractivity contribution in [1.82, 2.24) is 0 Å². The first-order chi connectivity index (χ1) is 7.31. The number of hydrogen-bond acceptors (Lipinski definition) is 3. The van der Waals surface area contributed by atoms with Crippen LogP contribution in [0, 0.1) is 11.3 Å². The first-order valence-electron chi connectivity index (χ1n) is 5.08. The van der Waals surface area contributed by atoms with Crippen LogP contribution in [-0.2, 0) is 4.74 Å². The van der Waals surface area contributed by atoms with Gasteiger partial charge in [-0.25, -0.2) is 0 Å². The molecule has 0 N–H and O–H groups in total. The van der Waals surface area contributed by atoms with E-state index in [4.69, 9.17) is 10.00 Å². The summed E-state index contributed by atoms with van der Waals surface area (Å²) < 4.78 is 5.51. The maximum atomic E-state index is 8.96. The van der Waals surface area contributed by atoms with Crippen molar-refractivity contribution >= 4 is 11.8 Å². The average molecular weight is 219 g/mol. The summed E-state index contributed by atoms with van der Waals surface area (Å²) in [7, 11) is 0. The molecule has 1 aromatic rings.